The Morgan fingerprint density at radius 3 is 2.89 bits per heavy atom. The predicted octanol–water partition coefficient (Wildman–Crippen LogP) is 1.77. The van der Waals surface area contributed by atoms with Gasteiger partial charge in [0.05, 0.1) is 0 Å². The van der Waals surface area contributed by atoms with Gasteiger partial charge in [-0.3, -0.25) is 0 Å². The van der Waals surface area contributed by atoms with E-state index in [2.05, 4.69) is 17.2 Å². The molecular weight excluding hydrogens is 230 g/mol. The Labute approximate surface area is 107 Å². The lowest BCUT2D eigenvalue weighted by Gasteiger charge is -2.09. The van der Waals surface area contributed by atoms with Gasteiger partial charge in [0.1, 0.15) is 17.9 Å². The van der Waals surface area contributed by atoms with E-state index in [1.165, 1.54) is 6.07 Å². The van der Waals surface area contributed by atoms with Crippen LogP contribution in [0.25, 0.3) is 0 Å². The van der Waals surface area contributed by atoms with E-state index >= 15 is 0 Å². The summed E-state index contributed by atoms with van der Waals surface area (Å²) in [6.07, 6.45) is 0.808. The number of aromatic carboxylic acids is 1. The zero-order valence-electron chi connectivity index (χ0n) is 10.4. The van der Waals surface area contributed by atoms with Gasteiger partial charge in [-0.15, -0.1) is 11.8 Å². The highest BCUT2D eigenvalue weighted by Crippen LogP contribution is 2.17. The Bertz CT molecular complexity index is 446. The van der Waals surface area contributed by atoms with Crippen molar-refractivity contribution in [2.45, 2.75) is 13.3 Å². The maximum Gasteiger partial charge on any atom is 0.339 e. The summed E-state index contributed by atoms with van der Waals surface area (Å²) < 4.78 is 5.43. The Kier molecular flexibility index (Phi) is 6.37. The van der Waals surface area contributed by atoms with Crippen LogP contribution in [0.2, 0.25) is 0 Å². The van der Waals surface area contributed by atoms with Gasteiger partial charge >= 0.3 is 5.97 Å². The summed E-state index contributed by atoms with van der Waals surface area (Å²) in [5, 5.41) is 12.1. The molecule has 0 saturated heterocycles. The van der Waals surface area contributed by atoms with Gasteiger partial charge in [0, 0.05) is 19.5 Å². The zero-order chi connectivity index (χ0) is 13.2. The van der Waals surface area contributed by atoms with Crippen LogP contribution in [0.1, 0.15) is 23.7 Å². The molecule has 96 valence electrons. The van der Waals surface area contributed by atoms with Crippen LogP contribution in [0.15, 0.2) is 24.3 Å². The predicted molar refractivity (Wildman–Crippen MR) is 69.8 cm³/mol. The van der Waals surface area contributed by atoms with Crippen molar-refractivity contribution in [1.29, 1.82) is 0 Å². The maximum atomic E-state index is 10.9. The van der Waals surface area contributed by atoms with Crippen LogP contribution >= 0.6 is 0 Å². The lowest BCUT2D eigenvalue weighted by atomic mass is 10.2. The number of carboxylic acid groups (broad SMARTS) is 1. The van der Waals surface area contributed by atoms with Gasteiger partial charge < -0.3 is 15.2 Å². The molecule has 4 nitrogen and oxygen atoms in total. The minimum atomic E-state index is -0.975. The summed E-state index contributed by atoms with van der Waals surface area (Å²) in [7, 11) is 0. The van der Waals surface area contributed by atoms with Crippen LogP contribution < -0.4 is 10.1 Å². The molecule has 4 heteroatoms. The molecule has 0 amide bonds. The minimum absolute atomic E-state index is 0.189. The second kappa shape index (κ2) is 8.15. The second-order valence-electron chi connectivity index (χ2n) is 3.58. The van der Waals surface area contributed by atoms with Crippen molar-refractivity contribution < 1.29 is 14.6 Å². The minimum Gasteiger partial charge on any atom is -0.491 e. The molecule has 0 radical (unpaired) electrons. The summed E-state index contributed by atoms with van der Waals surface area (Å²) in [5.74, 6) is 5.20. The Hall–Kier alpha value is -1.99. The lowest BCUT2D eigenvalue weighted by Crippen LogP contribution is -2.22. The summed E-state index contributed by atoms with van der Waals surface area (Å²) in [4.78, 5) is 10.9. The summed E-state index contributed by atoms with van der Waals surface area (Å²) in [6, 6.07) is 6.62. The first-order chi connectivity index (χ1) is 8.75. The number of rotatable bonds is 7. The van der Waals surface area contributed by atoms with E-state index in [0.717, 1.165) is 13.0 Å². The van der Waals surface area contributed by atoms with E-state index in [9.17, 15) is 4.79 Å². The number of hydrogen-bond donors (Lipinski definition) is 2. The Balaban J connectivity index is 2.30. The van der Waals surface area contributed by atoms with Gasteiger partial charge in [0.25, 0.3) is 0 Å². The average molecular weight is 247 g/mol. The summed E-state index contributed by atoms with van der Waals surface area (Å²) in [6.45, 7) is 3.72. The molecule has 0 unspecified atom stereocenters. The fraction of sp³-hybridized carbons (Fsp3) is 0.357. The first kappa shape index (κ1) is 14.1. The Morgan fingerprint density at radius 1 is 1.39 bits per heavy atom. The van der Waals surface area contributed by atoms with Crippen LogP contribution in [0.5, 0.6) is 5.75 Å². The fourth-order valence-electron chi connectivity index (χ4n) is 1.40. The third-order valence-electron chi connectivity index (χ3n) is 2.26. The summed E-state index contributed by atoms with van der Waals surface area (Å²) >= 11 is 0. The van der Waals surface area contributed by atoms with Crippen molar-refractivity contribution in [2.75, 3.05) is 19.7 Å². The molecule has 0 saturated carbocycles. The monoisotopic (exact) mass is 247 g/mol. The third-order valence-corrected chi connectivity index (χ3v) is 2.26. The average Bonchev–Trinajstić information content (AvgIpc) is 2.38. The molecule has 2 N–H and O–H groups in total. The van der Waals surface area contributed by atoms with Crippen molar-refractivity contribution in [3.63, 3.8) is 0 Å². The molecule has 1 aromatic carbocycles. The fourth-order valence-corrected chi connectivity index (χ4v) is 1.40. The maximum absolute atomic E-state index is 10.9. The number of carboxylic acids is 1. The van der Waals surface area contributed by atoms with E-state index < -0.39 is 5.97 Å². The zero-order valence-corrected chi connectivity index (χ0v) is 10.4. The number of ether oxygens (including phenoxy) is 1. The molecule has 1 rings (SSSR count). The molecule has 0 spiro atoms. The highest BCUT2D eigenvalue weighted by Gasteiger charge is 2.09. The van der Waals surface area contributed by atoms with Crippen molar-refractivity contribution >= 4 is 5.97 Å². The number of nitrogens with one attached hydrogen (secondary N) is 1. The van der Waals surface area contributed by atoms with Gasteiger partial charge in [-0.2, -0.15) is 0 Å². The quantitative estimate of drug-likeness (QED) is 0.569. The molecule has 0 aliphatic heterocycles. The smallest absolute Gasteiger partial charge is 0.339 e. The van der Waals surface area contributed by atoms with Gasteiger partial charge in [0.15, 0.2) is 0 Å². The first-order valence-electron chi connectivity index (χ1n) is 5.81. The first-order valence-corrected chi connectivity index (χ1v) is 5.81. The molecule has 1 aromatic rings. The van der Waals surface area contributed by atoms with Crippen molar-refractivity contribution in [2.24, 2.45) is 0 Å². The largest absolute Gasteiger partial charge is 0.491 e. The standard InChI is InChI=1S/C14H17NO3/c1-2-3-6-9-15-10-11-18-13-8-5-4-7-12(13)14(16)17/h4-5,7-8,15H,6,9-11H2,1H3,(H,16,17). The number of hydrogen-bond acceptors (Lipinski definition) is 3. The van der Waals surface area contributed by atoms with E-state index in [-0.39, 0.29) is 5.56 Å². The molecule has 0 atom stereocenters. The second-order valence-corrected chi connectivity index (χ2v) is 3.58. The van der Waals surface area contributed by atoms with Crippen LogP contribution in [0, 0.1) is 11.8 Å². The van der Waals surface area contributed by atoms with Gasteiger partial charge in [-0.05, 0) is 19.1 Å². The van der Waals surface area contributed by atoms with Crippen LogP contribution in [-0.2, 0) is 0 Å². The van der Waals surface area contributed by atoms with E-state index in [1.807, 2.05) is 6.92 Å². The van der Waals surface area contributed by atoms with Crippen LogP contribution in [0.3, 0.4) is 0 Å². The molecule has 0 aliphatic rings. The van der Waals surface area contributed by atoms with Gasteiger partial charge in [-0.1, -0.05) is 12.1 Å². The number of carbonyl (C=O) groups is 1. The van der Waals surface area contributed by atoms with Crippen molar-refractivity contribution in [3.05, 3.63) is 29.8 Å². The molecule has 0 bridgehead atoms. The normalized spacial score (nSPS) is 9.39. The Morgan fingerprint density at radius 2 is 2.17 bits per heavy atom. The summed E-state index contributed by atoms with van der Waals surface area (Å²) in [5.41, 5.74) is 0.189. The van der Waals surface area contributed by atoms with Crippen molar-refractivity contribution in [1.82, 2.24) is 5.32 Å². The van der Waals surface area contributed by atoms with E-state index in [4.69, 9.17) is 9.84 Å². The van der Waals surface area contributed by atoms with Gasteiger partial charge in [0.2, 0.25) is 0 Å². The topological polar surface area (TPSA) is 58.6 Å². The number of para-hydroxylation sites is 1. The number of benzene rings is 1. The van der Waals surface area contributed by atoms with E-state index in [1.54, 1.807) is 18.2 Å². The molecule has 0 heterocycles. The SMILES string of the molecule is CC#CCCNCCOc1ccccc1C(=O)O. The highest BCUT2D eigenvalue weighted by molar-refractivity contribution is 5.90. The molecule has 18 heavy (non-hydrogen) atoms. The van der Waals surface area contributed by atoms with Gasteiger partial charge in [-0.25, -0.2) is 4.79 Å². The van der Waals surface area contributed by atoms with Crippen LogP contribution in [-0.4, -0.2) is 30.8 Å². The molecule has 0 fully saturated rings. The lowest BCUT2D eigenvalue weighted by molar-refractivity contribution is 0.0692. The highest BCUT2D eigenvalue weighted by atomic mass is 16.5. The van der Waals surface area contributed by atoms with E-state index in [0.29, 0.717) is 18.9 Å². The molecular formula is C14H17NO3. The molecule has 0 aromatic heterocycles. The molecule has 0 aliphatic carbocycles. The third kappa shape index (κ3) is 4.89. The van der Waals surface area contributed by atoms with Crippen molar-refractivity contribution in [3.8, 4) is 17.6 Å². The van der Waals surface area contributed by atoms with Crippen LogP contribution in [0.4, 0.5) is 0 Å².